The van der Waals surface area contributed by atoms with E-state index in [1.54, 1.807) is 19.1 Å². The van der Waals surface area contributed by atoms with Crippen LogP contribution in [0.15, 0.2) is 42.5 Å². The zero-order chi connectivity index (χ0) is 14.1. The number of rotatable bonds is 6. The number of hydrogen-bond donors (Lipinski definition) is 2. The Bertz CT molecular complexity index is 443. The van der Waals surface area contributed by atoms with E-state index < -0.39 is 5.97 Å². The zero-order valence-electron chi connectivity index (χ0n) is 10.9. The summed E-state index contributed by atoms with van der Waals surface area (Å²) in [5.74, 6) is -0.409. The number of carbonyl (C=O) groups excluding carboxylic acids is 2. The number of carbonyl (C=O) groups is 2. The molecule has 0 saturated carbocycles. The minimum absolute atomic E-state index is 0.261. The highest BCUT2D eigenvalue weighted by molar-refractivity contribution is 5.89. The van der Waals surface area contributed by atoms with Crippen molar-refractivity contribution >= 4 is 17.7 Å². The maximum atomic E-state index is 11.5. The van der Waals surface area contributed by atoms with Gasteiger partial charge in [-0.15, -0.1) is 0 Å². The number of urea groups is 1. The van der Waals surface area contributed by atoms with E-state index in [0.29, 0.717) is 18.5 Å². The van der Waals surface area contributed by atoms with E-state index in [-0.39, 0.29) is 12.6 Å². The number of amides is 2. The lowest BCUT2D eigenvalue weighted by atomic mass is 10.3. The van der Waals surface area contributed by atoms with Gasteiger partial charge in [0.2, 0.25) is 0 Å². The van der Waals surface area contributed by atoms with Gasteiger partial charge in [-0.2, -0.15) is 0 Å². The molecule has 1 rings (SSSR count). The van der Waals surface area contributed by atoms with Gasteiger partial charge >= 0.3 is 12.0 Å². The minimum atomic E-state index is -0.409. The van der Waals surface area contributed by atoms with Crippen LogP contribution < -0.4 is 10.6 Å². The van der Waals surface area contributed by atoms with Gasteiger partial charge in [0.15, 0.2) is 0 Å². The Morgan fingerprint density at radius 3 is 2.58 bits per heavy atom. The molecule has 0 heterocycles. The first-order valence-corrected chi connectivity index (χ1v) is 6.02. The van der Waals surface area contributed by atoms with Gasteiger partial charge in [0.25, 0.3) is 0 Å². The van der Waals surface area contributed by atoms with Crippen LogP contribution in [0, 0.1) is 0 Å². The van der Waals surface area contributed by atoms with Crippen LogP contribution >= 0.6 is 0 Å². The molecule has 0 aliphatic carbocycles. The number of nitrogens with one attached hydrogen (secondary N) is 2. The van der Waals surface area contributed by atoms with Gasteiger partial charge in [-0.1, -0.05) is 24.8 Å². The van der Waals surface area contributed by atoms with E-state index >= 15 is 0 Å². The average molecular weight is 262 g/mol. The van der Waals surface area contributed by atoms with Gasteiger partial charge in [-0.25, -0.2) is 9.59 Å². The van der Waals surface area contributed by atoms with Gasteiger partial charge in [0, 0.05) is 17.8 Å². The molecule has 2 amide bonds. The maximum Gasteiger partial charge on any atom is 0.333 e. The summed E-state index contributed by atoms with van der Waals surface area (Å²) in [5, 5.41) is 5.36. The molecular formula is C14H18N2O3. The monoisotopic (exact) mass is 262 g/mol. The van der Waals surface area contributed by atoms with Crippen molar-refractivity contribution in [2.75, 3.05) is 18.5 Å². The molecule has 0 aliphatic heterocycles. The van der Waals surface area contributed by atoms with Gasteiger partial charge in [-0.3, -0.25) is 0 Å². The number of esters is 1. The van der Waals surface area contributed by atoms with E-state index in [1.165, 1.54) is 0 Å². The molecule has 2 N–H and O–H groups in total. The van der Waals surface area contributed by atoms with Crippen molar-refractivity contribution in [3.63, 3.8) is 0 Å². The summed E-state index contributed by atoms with van der Waals surface area (Å²) in [5.41, 5.74) is 1.10. The molecule has 0 aliphatic rings. The summed E-state index contributed by atoms with van der Waals surface area (Å²) in [4.78, 5) is 22.5. The highest BCUT2D eigenvalue weighted by Crippen LogP contribution is 2.03. The quantitative estimate of drug-likeness (QED) is 0.469. The van der Waals surface area contributed by atoms with Crippen LogP contribution in [0.25, 0.3) is 0 Å². The van der Waals surface area contributed by atoms with Crippen LogP contribution in [0.5, 0.6) is 0 Å². The number of benzene rings is 1. The van der Waals surface area contributed by atoms with Gasteiger partial charge < -0.3 is 15.4 Å². The predicted octanol–water partition coefficient (Wildman–Crippen LogP) is 2.32. The van der Waals surface area contributed by atoms with Gasteiger partial charge in [0.1, 0.15) is 0 Å². The van der Waals surface area contributed by atoms with Crippen molar-refractivity contribution in [1.82, 2.24) is 5.32 Å². The van der Waals surface area contributed by atoms with Crippen molar-refractivity contribution in [3.8, 4) is 0 Å². The Labute approximate surface area is 112 Å². The molecule has 0 fully saturated rings. The van der Waals surface area contributed by atoms with E-state index in [9.17, 15) is 9.59 Å². The van der Waals surface area contributed by atoms with E-state index in [1.807, 2.05) is 18.2 Å². The second-order valence-electron chi connectivity index (χ2n) is 4.02. The van der Waals surface area contributed by atoms with Crippen LogP contribution in [-0.4, -0.2) is 25.2 Å². The van der Waals surface area contributed by atoms with Crippen LogP contribution in [-0.2, 0) is 9.53 Å². The summed E-state index contributed by atoms with van der Waals surface area (Å²) in [6, 6.07) is 8.87. The number of para-hydroxylation sites is 1. The molecule has 0 atom stereocenters. The van der Waals surface area contributed by atoms with E-state index in [2.05, 4.69) is 17.2 Å². The van der Waals surface area contributed by atoms with Crippen molar-refractivity contribution in [1.29, 1.82) is 0 Å². The molecule has 0 radical (unpaired) electrons. The van der Waals surface area contributed by atoms with Crippen LogP contribution in [0.1, 0.15) is 13.3 Å². The first-order valence-electron chi connectivity index (χ1n) is 6.02. The highest BCUT2D eigenvalue weighted by Gasteiger charge is 2.03. The molecule has 0 bridgehead atoms. The van der Waals surface area contributed by atoms with Crippen LogP contribution in [0.4, 0.5) is 10.5 Å². The topological polar surface area (TPSA) is 67.4 Å². The van der Waals surface area contributed by atoms with E-state index in [0.717, 1.165) is 5.69 Å². The van der Waals surface area contributed by atoms with Crippen molar-refractivity contribution < 1.29 is 14.3 Å². The standard InChI is InChI=1S/C14H18N2O3/c1-11(2)13(17)19-10-6-9-15-14(18)16-12-7-4-3-5-8-12/h3-5,7-8H,1,6,9-10H2,2H3,(H2,15,16,18). The molecule has 0 saturated heterocycles. The van der Waals surface area contributed by atoms with Crippen LogP contribution in [0.2, 0.25) is 0 Å². The molecule has 19 heavy (non-hydrogen) atoms. The Morgan fingerprint density at radius 2 is 1.95 bits per heavy atom. The molecule has 1 aromatic rings. The number of anilines is 1. The lowest BCUT2D eigenvalue weighted by Crippen LogP contribution is -2.30. The van der Waals surface area contributed by atoms with Gasteiger partial charge in [0.05, 0.1) is 6.61 Å². The summed E-state index contributed by atoms with van der Waals surface area (Å²) < 4.78 is 4.89. The fourth-order valence-electron chi connectivity index (χ4n) is 1.26. The lowest BCUT2D eigenvalue weighted by molar-refractivity contribution is -0.138. The smallest absolute Gasteiger partial charge is 0.333 e. The highest BCUT2D eigenvalue weighted by atomic mass is 16.5. The largest absolute Gasteiger partial charge is 0.462 e. The molecule has 0 spiro atoms. The molecule has 0 aromatic heterocycles. The first-order chi connectivity index (χ1) is 9.09. The zero-order valence-corrected chi connectivity index (χ0v) is 10.9. The third-order valence-electron chi connectivity index (χ3n) is 2.22. The normalized spacial score (nSPS) is 9.53. The predicted molar refractivity (Wildman–Crippen MR) is 73.9 cm³/mol. The molecule has 1 aromatic carbocycles. The SMILES string of the molecule is C=C(C)C(=O)OCCCNC(=O)Nc1ccccc1. The molecule has 5 heteroatoms. The minimum Gasteiger partial charge on any atom is -0.462 e. The Morgan fingerprint density at radius 1 is 1.26 bits per heavy atom. The fraction of sp³-hybridized carbons (Fsp3) is 0.286. The van der Waals surface area contributed by atoms with Crippen molar-refractivity contribution in [2.45, 2.75) is 13.3 Å². The average Bonchev–Trinajstić information content (AvgIpc) is 2.39. The lowest BCUT2D eigenvalue weighted by Gasteiger charge is -2.08. The van der Waals surface area contributed by atoms with Crippen LogP contribution in [0.3, 0.4) is 0 Å². The summed E-state index contributed by atoms with van der Waals surface area (Å²) in [6.45, 7) is 5.76. The molecular weight excluding hydrogens is 244 g/mol. The first kappa shape index (κ1) is 14.8. The summed E-state index contributed by atoms with van der Waals surface area (Å²) in [7, 11) is 0. The second kappa shape index (κ2) is 7.92. The second-order valence-corrected chi connectivity index (χ2v) is 4.02. The fourth-order valence-corrected chi connectivity index (χ4v) is 1.26. The Balaban J connectivity index is 2.11. The molecule has 5 nitrogen and oxygen atoms in total. The number of hydrogen-bond acceptors (Lipinski definition) is 3. The van der Waals surface area contributed by atoms with Crippen molar-refractivity contribution in [2.24, 2.45) is 0 Å². The summed E-state index contributed by atoms with van der Waals surface area (Å²) in [6.07, 6.45) is 0.557. The third-order valence-corrected chi connectivity index (χ3v) is 2.22. The van der Waals surface area contributed by atoms with E-state index in [4.69, 9.17) is 4.74 Å². The number of ether oxygens (including phenoxy) is 1. The summed E-state index contributed by atoms with van der Waals surface area (Å²) >= 11 is 0. The Hall–Kier alpha value is -2.30. The third kappa shape index (κ3) is 6.26. The maximum absolute atomic E-state index is 11.5. The molecule has 102 valence electrons. The van der Waals surface area contributed by atoms with Crippen molar-refractivity contribution in [3.05, 3.63) is 42.5 Å². The van der Waals surface area contributed by atoms with Gasteiger partial charge in [-0.05, 0) is 25.5 Å². The Kier molecular flexibility index (Phi) is 6.15. The molecule has 0 unspecified atom stereocenters.